The summed E-state index contributed by atoms with van der Waals surface area (Å²) < 4.78 is 22.3. The molecule has 1 rings (SSSR count). The van der Waals surface area contributed by atoms with Crippen LogP contribution in [0.5, 0.6) is 0 Å². The first-order valence-electron chi connectivity index (χ1n) is 3.39. The number of hydrogen-bond acceptors (Lipinski definition) is 3. The molecular formula is C6H10BFO3. The Kier molecular flexibility index (Phi) is 2.87. The second-order valence-electron chi connectivity index (χ2n) is 2.53. The van der Waals surface area contributed by atoms with Crippen LogP contribution < -0.4 is 0 Å². The van der Waals surface area contributed by atoms with Gasteiger partial charge in [0.2, 0.25) is 0 Å². The first-order chi connectivity index (χ1) is 5.16. The van der Waals surface area contributed by atoms with Gasteiger partial charge in [-0.1, -0.05) is 0 Å². The number of halogens is 1. The summed E-state index contributed by atoms with van der Waals surface area (Å²) in [7, 11) is 6.63. The van der Waals surface area contributed by atoms with Crippen molar-refractivity contribution in [3.63, 3.8) is 0 Å². The third kappa shape index (κ3) is 1.72. The molecular weight excluding hydrogens is 150 g/mol. The summed E-state index contributed by atoms with van der Waals surface area (Å²) in [5.74, 6) is 0. The van der Waals surface area contributed by atoms with Crippen LogP contribution >= 0.6 is 0 Å². The maximum absolute atomic E-state index is 12.7. The van der Waals surface area contributed by atoms with Crippen LogP contribution in [-0.2, 0) is 9.47 Å². The largest absolute Gasteiger partial charge is 0.387 e. The fourth-order valence-corrected chi connectivity index (χ4v) is 1.06. The molecule has 2 unspecified atom stereocenters. The number of alkyl halides is 1. The van der Waals surface area contributed by atoms with Crippen LogP contribution in [-0.4, -0.2) is 51.1 Å². The van der Waals surface area contributed by atoms with E-state index in [1.54, 1.807) is 0 Å². The molecule has 0 aliphatic carbocycles. The lowest BCUT2D eigenvalue weighted by Gasteiger charge is -2.11. The summed E-state index contributed by atoms with van der Waals surface area (Å²) in [4.78, 5) is 0. The van der Waals surface area contributed by atoms with Gasteiger partial charge in [0.15, 0.2) is 0 Å². The highest BCUT2D eigenvalue weighted by molar-refractivity contribution is 6.11. The topological polar surface area (TPSA) is 38.7 Å². The summed E-state index contributed by atoms with van der Waals surface area (Å²) in [5, 5.41) is 9.10. The summed E-state index contributed by atoms with van der Waals surface area (Å²) in [6.45, 7) is 0.162. The average Bonchev–Trinajstić information content (AvgIpc) is 2.19. The molecule has 1 aliphatic heterocycles. The molecule has 0 saturated carbocycles. The number of rotatable bonds is 2. The monoisotopic (exact) mass is 160 g/mol. The summed E-state index contributed by atoms with van der Waals surface area (Å²) >= 11 is 0. The van der Waals surface area contributed by atoms with Crippen LogP contribution in [0.15, 0.2) is 0 Å². The number of hydrogen-bond donors (Lipinski definition) is 1. The number of ether oxygens (including phenoxy) is 2. The first kappa shape index (κ1) is 8.97. The lowest BCUT2D eigenvalue weighted by molar-refractivity contribution is -0.0187. The molecule has 0 aromatic heterocycles. The summed E-state index contributed by atoms with van der Waals surface area (Å²) in [5.41, 5.74) is 0. The predicted octanol–water partition coefficient (Wildman–Crippen LogP) is -0.775. The van der Waals surface area contributed by atoms with Gasteiger partial charge in [0.1, 0.15) is 26.2 Å². The smallest absolute Gasteiger partial charge is 0.146 e. The van der Waals surface area contributed by atoms with Gasteiger partial charge in [-0.3, -0.25) is 0 Å². The Labute approximate surface area is 65.9 Å². The molecule has 0 spiro atoms. The van der Waals surface area contributed by atoms with Crippen LogP contribution in [0.25, 0.3) is 0 Å². The van der Waals surface area contributed by atoms with E-state index in [2.05, 4.69) is 4.74 Å². The van der Waals surface area contributed by atoms with E-state index in [0.29, 0.717) is 0 Å². The molecule has 1 heterocycles. The molecule has 2 radical (unpaired) electrons. The van der Waals surface area contributed by atoms with Crippen molar-refractivity contribution < 1.29 is 19.0 Å². The van der Waals surface area contributed by atoms with Crippen molar-refractivity contribution in [2.45, 2.75) is 24.4 Å². The Balaban J connectivity index is 2.45. The minimum absolute atomic E-state index is 0.162. The zero-order chi connectivity index (χ0) is 8.43. The molecule has 4 atom stereocenters. The fourth-order valence-electron chi connectivity index (χ4n) is 1.06. The Bertz CT molecular complexity index is 135. The quantitative estimate of drug-likeness (QED) is 0.538. The van der Waals surface area contributed by atoms with Crippen molar-refractivity contribution in [3.05, 3.63) is 0 Å². The van der Waals surface area contributed by atoms with E-state index in [1.165, 1.54) is 7.11 Å². The minimum Gasteiger partial charge on any atom is -0.387 e. The second-order valence-corrected chi connectivity index (χ2v) is 2.53. The summed E-state index contributed by atoms with van der Waals surface area (Å²) in [6.07, 6.45) is -3.30. The number of methoxy groups -OCH3 is 1. The molecule has 11 heavy (non-hydrogen) atoms. The Morgan fingerprint density at radius 1 is 1.73 bits per heavy atom. The lowest BCUT2D eigenvalue weighted by Crippen LogP contribution is -2.31. The lowest BCUT2D eigenvalue weighted by atomic mass is 9.94. The Morgan fingerprint density at radius 2 is 2.36 bits per heavy atom. The highest BCUT2D eigenvalue weighted by Crippen LogP contribution is 2.21. The van der Waals surface area contributed by atoms with Gasteiger partial charge >= 0.3 is 0 Å². The predicted molar refractivity (Wildman–Crippen MR) is 37.2 cm³/mol. The third-order valence-electron chi connectivity index (χ3n) is 1.68. The first-order valence-corrected chi connectivity index (χ1v) is 3.39. The SMILES string of the molecule is [B][C@@H]1O[C@H](COC)C(O)C1F. The van der Waals surface area contributed by atoms with Crippen LogP contribution in [0.2, 0.25) is 0 Å². The van der Waals surface area contributed by atoms with Gasteiger partial charge in [0.05, 0.1) is 12.6 Å². The molecule has 1 aliphatic rings. The van der Waals surface area contributed by atoms with E-state index in [1.807, 2.05) is 0 Å². The Morgan fingerprint density at radius 3 is 2.73 bits per heavy atom. The van der Waals surface area contributed by atoms with Gasteiger partial charge in [-0.2, -0.15) is 0 Å². The zero-order valence-corrected chi connectivity index (χ0v) is 6.24. The molecule has 5 heteroatoms. The number of aliphatic hydroxyl groups excluding tert-OH is 1. The van der Waals surface area contributed by atoms with Crippen molar-refractivity contribution in [2.75, 3.05) is 13.7 Å². The normalized spacial score (nSPS) is 44.6. The van der Waals surface area contributed by atoms with E-state index in [4.69, 9.17) is 17.7 Å². The van der Waals surface area contributed by atoms with Gasteiger partial charge in [-0.05, 0) is 0 Å². The number of aliphatic hydroxyl groups is 1. The van der Waals surface area contributed by atoms with E-state index in [0.717, 1.165) is 0 Å². The van der Waals surface area contributed by atoms with E-state index in [-0.39, 0.29) is 6.61 Å². The van der Waals surface area contributed by atoms with Crippen molar-refractivity contribution in [3.8, 4) is 0 Å². The Hall–Kier alpha value is -0.125. The highest BCUT2D eigenvalue weighted by atomic mass is 19.1. The van der Waals surface area contributed by atoms with Gasteiger partial charge < -0.3 is 14.6 Å². The molecule has 1 saturated heterocycles. The van der Waals surface area contributed by atoms with Gasteiger partial charge in [-0.25, -0.2) is 4.39 Å². The van der Waals surface area contributed by atoms with Crippen LogP contribution in [0, 0.1) is 0 Å². The van der Waals surface area contributed by atoms with Crippen molar-refractivity contribution >= 4 is 7.85 Å². The molecule has 0 bridgehead atoms. The van der Waals surface area contributed by atoms with Crippen LogP contribution in [0.1, 0.15) is 0 Å². The summed E-state index contributed by atoms with van der Waals surface area (Å²) in [6, 6.07) is -1.02. The van der Waals surface area contributed by atoms with Gasteiger partial charge in [0.25, 0.3) is 0 Å². The molecule has 1 N–H and O–H groups in total. The van der Waals surface area contributed by atoms with Crippen LogP contribution in [0.4, 0.5) is 4.39 Å². The highest BCUT2D eigenvalue weighted by Gasteiger charge is 2.40. The fraction of sp³-hybridized carbons (Fsp3) is 1.00. The standard InChI is InChI=1S/C6H10BFO3/c1-10-2-3-5(9)4(8)6(7)11-3/h3-6,9H,2H2,1H3/t3-,4?,5?,6-/m1/s1. The minimum atomic E-state index is -1.50. The molecule has 62 valence electrons. The maximum Gasteiger partial charge on any atom is 0.146 e. The van der Waals surface area contributed by atoms with Crippen LogP contribution in [0.3, 0.4) is 0 Å². The van der Waals surface area contributed by atoms with Crippen molar-refractivity contribution in [1.29, 1.82) is 0 Å². The molecule has 1 fully saturated rings. The maximum atomic E-state index is 12.7. The molecule has 3 nitrogen and oxygen atoms in total. The van der Waals surface area contributed by atoms with Crippen molar-refractivity contribution in [1.82, 2.24) is 0 Å². The van der Waals surface area contributed by atoms with E-state index < -0.39 is 24.4 Å². The van der Waals surface area contributed by atoms with E-state index >= 15 is 0 Å². The second kappa shape index (κ2) is 3.52. The van der Waals surface area contributed by atoms with Gasteiger partial charge in [0, 0.05) is 7.11 Å². The van der Waals surface area contributed by atoms with Gasteiger partial charge in [-0.15, -0.1) is 0 Å². The molecule has 0 amide bonds. The molecule has 0 aromatic rings. The molecule has 0 aromatic carbocycles. The van der Waals surface area contributed by atoms with Crippen molar-refractivity contribution in [2.24, 2.45) is 0 Å². The van der Waals surface area contributed by atoms with E-state index in [9.17, 15) is 4.39 Å². The average molecular weight is 160 g/mol. The third-order valence-corrected chi connectivity index (χ3v) is 1.68. The zero-order valence-electron chi connectivity index (χ0n) is 6.24.